The molecular weight excluding hydrogens is 318 g/mol. The minimum atomic E-state index is -0.619. The second-order valence-electron chi connectivity index (χ2n) is 6.45. The summed E-state index contributed by atoms with van der Waals surface area (Å²) < 4.78 is 11.0. The first-order valence-electron chi connectivity index (χ1n) is 8.39. The number of rotatable bonds is 2. The van der Waals surface area contributed by atoms with E-state index < -0.39 is 5.60 Å². The van der Waals surface area contributed by atoms with E-state index in [9.17, 15) is 9.59 Å². The fraction of sp³-hybridized carbons (Fsp3) is 0.300. The van der Waals surface area contributed by atoms with Gasteiger partial charge in [0.2, 0.25) is 0 Å². The third kappa shape index (κ3) is 2.56. The van der Waals surface area contributed by atoms with Crippen LogP contribution in [0, 0.1) is 0 Å². The smallest absolute Gasteiger partial charge is 0.339 e. The Morgan fingerprint density at radius 2 is 1.84 bits per heavy atom. The Hall–Kier alpha value is -2.82. The summed E-state index contributed by atoms with van der Waals surface area (Å²) in [5.74, 6) is 0.357. The van der Waals surface area contributed by atoms with Crippen LogP contribution in [0.4, 0.5) is 0 Å². The Morgan fingerprint density at radius 1 is 1.12 bits per heavy atom. The number of hydrogen-bond donors (Lipinski definition) is 0. The molecule has 2 aromatic rings. The van der Waals surface area contributed by atoms with E-state index in [2.05, 4.69) is 0 Å². The Balaban J connectivity index is 1.55. The predicted octanol–water partition coefficient (Wildman–Crippen LogP) is 3.00. The van der Waals surface area contributed by atoms with Gasteiger partial charge in [-0.1, -0.05) is 24.3 Å². The number of nitrogens with zero attached hydrogens (tertiary/aromatic N) is 1. The quantitative estimate of drug-likeness (QED) is 0.791. The number of benzene rings is 2. The molecule has 1 spiro atoms. The summed E-state index contributed by atoms with van der Waals surface area (Å²) >= 11 is 0. The van der Waals surface area contributed by atoms with Crippen molar-refractivity contribution in [3.63, 3.8) is 0 Å². The van der Waals surface area contributed by atoms with Gasteiger partial charge in [-0.3, -0.25) is 4.79 Å². The fourth-order valence-corrected chi connectivity index (χ4v) is 3.71. The summed E-state index contributed by atoms with van der Waals surface area (Å²) in [6.07, 6.45) is 1.22. The highest BCUT2D eigenvalue weighted by Crippen LogP contribution is 2.45. The van der Waals surface area contributed by atoms with Crippen LogP contribution in [0.2, 0.25) is 0 Å². The third-order valence-electron chi connectivity index (χ3n) is 5.10. The fourth-order valence-electron chi connectivity index (χ4n) is 3.71. The highest BCUT2D eigenvalue weighted by atomic mass is 16.6. The molecule has 0 N–H and O–H groups in total. The van der Waals surface area contributed by atoms with Crippen molar-refractivity contribution in [2.75, 3.05) is 20.2 Å². The molecule has 0 bridgehead atoms. The van der Waals surface area contributed by atoms with Crippen molar-refractivity contribution in [1.29, 1.82) is 0 Å². The lowest BCUT2D eigenvalue weighted by Crippen LogP contribution is -2.45. The number of carbonyl (C=O) groups is 2. The maximum Gasteiger partial charge on any atom is 0.339 e. The van der Waals surface area contributed by atoms with Gasteiger partial charge < -0.3 is 14.4 Å². The summed E-state index contributed by atoms with van der Waals surface area (Å²) in [5.41, 5.74) is 1.55. The molecule has 0 aromatic heterocycles. The number of carbonyl (C=O) groups excluding carboxylic acids is 2. The minimum absolute atomic E-state index is 0.0229. The molecule has 0 unspecified atom stereocenters. The second kappa shape index (κ2) is 5.92. The molecule has 0 saturated carbocycles. The number of hydrogen-bond acceptors (Lipinski definition) is 4. The molecule has 25 heavy (non-hydrogen) atoms. The van der Waals surface area contributed by atoms with Crippen molar-refractivity contribution >= 4 is 11.9 Å². The van der Waals surface area contributed by atoms with E-state index in [1.807, 2.05) is 47.4 Å². The topological polar surface area (TPSA) is 55.8 Å². The second-order valence-corrected chi connectivity index (χ2v) is 6.45. The molecule has 1 fully saturated rings. The first-order valence-corrected chi connectivity index (χ1v) is 8.39. The van der Waals surface area contributed by atoms with Gasteiger partial charge in [-0.15, -0.1) is 0 Å². The van der Waals surface area contributed by atoms with Crippen LogP contribution in [0.15, 0.2) is 48.5 Å². The molecule has 128 valence electrons. The molecular formula is C20H19NO4. The Kier molecular flexibility index (Phi) is 3.71. The highest BCUT2D eigenvalue weighted by molar-refractivity contribution is 5.96. The molecule has 5 heteroatoms. The third-order valence-corrected chi connectivity index (χ3v) is 5.10. The number of amides is 1. The van der Waals surface area contributed by atoms with Gasteiger partial charge in [0.15, 0.2) is 0 Å². The number of likely N-dealkylation sites (tertiary alicyclic amines) is 1. The van der Waals surface area contributed by atoms with Crippen molar-refractivity contribution in [2.45, 2.75) is 18.4 Å². The molecule has 5 nitrogen and oxygen atoms in total. The first-order chi connectivity index (χ1) is 12.1. The first kappa shape index (κ1) is 15.7. The van der Waals surface area contributed by atoms with Crippen LogP contribution in [0.3, 0.4) is 0 Å². The van der Waals surface area contributed by atoms with Gasteiger partial charge in [0.25, 0.3) is 5.91 Å². The highest BCUT2D eigenvalue weighted by Gasteiger charge is 2.48. The Morgan fingerprint density at radius 3 is 2.52 bits per heavy atom. The lowest BCUT2D eigenvalue weighted by atomic mass is 9.83. The van der Waals surface area contributed by atoms with Crippen molar-refractivity contribution in [3.8, 4) is 5.75 Å². The molecule has 2 aromatic carbocycles. The van der Waals surface area contributed by atoms with E-state index in [1.54, 1.807) is 13.2 Å². The standard InChI is InChI=1S/C20H19NO4/c1-24-15-7-8-17-16(13-15)19(23)25-20(17)9-11-21(12-10-20)18(22)14-5-3-2-4-6-14/h2-8,13H,9-12H2,1H3. The zero-order chi connectivity index (χ0) is 17.4. The zero-order valence-electron chi connectivity index (χ0n) is 14.0. The van der Waals surface area contributed by atoms with Gasteiger partial charge in [-0.2, -0.15) is 0 Å². The maximum absolute atomic E-state index is 12.6. The normalized spacial score (nSPS) is 18.0. The van der Waals surface area contributed by atoms with Gasteiger partial charge in [-0.05, 0) is 24.3 Å². The monoisotopic (exact) mass is 337 g/mol. The van der Waals surface area contributed by atoms with Crippen molar-refractivity contribution in [3.05, 3.63) is 65.2 Å². The van der Waals surface area contributed by atoms with Gasteiger partial charge in [0, 0.05) is 37.1 Å². The number of ether oxygens (including phenoxy) is 2. The molecule has 0 aliphatic carbocycles. The van der Waals surface area contributed by atoms with Crippen LogP contribution in [0.5, 0.6) is 5.75 Å². The number of piperidine rings is 1. The van der Waals surface area contributed by atoms with Gasteiger partial charge in [0.05, 0.1) is 12.7 Å². The Labute approximate surface area is 146 Å². The summed E-state index contributed by atoms with van der Waals surface area (Å²) in [6.45, 7) is 1.12. The van der Waals surface area contributed by atoms with E-state index in [4.69, 9.17) is 9.47 Å². The summed E-state index contributed by atoms with van der Waals surface area (Å²) in [7, 11) is 1.57. The number of methoxy groups -OCH3 is 1. The molecule has 2 aliphatic heterocycles. The van der Waals surface area contributed by atoms with Crippen LogP contribution in [0.1, 0.15) is 39.1 Å². The van der Waals surface area contributed by atoms with Crippen LogP contribution >= 0.6 is 0 Å². The van der Waals surface area contributed by atoms with Crippen molar-refractivity contribution < 1.29 is 19.1 Å². The molecule has 2 aliphatic rings. The van der Waals surface area contributed by atoms with Gasteiger partial charge in [0.1, 0.15) is 11.4 Å². The van der Waals surface area contributed by atoms with E-state index in [1.165, 1.54) is 0 Å². The number of esters is 1. The molecule has 0 radical (unpaired) electrons. The molecule has 0 atom stereocenters. The lowest BCUT2D eigenvalue weighted by Gasteiger charge is -2.38. The SMILES string of the molecule is COc1ccc2c(c1)C(=O)OC21CCN(C(=O)c2ccccc2)CC1. The van der Waals surface area contributed by atoms with E-state index in [0.717, 1.165) is 5.56 Å². The lowest BCUT2D eigenvalue weighted by molar-refractivity contribution is -0.0389. The van der Waals surface area contributed by atoms with Gasteiger partial charge in [-0.25, -0.2) is 4.79 Å². The molecule has 4 rings (SSSR count). The van der Waals surface area contributed by atoms with Crippen molar-refractivity contribution in [1.82, 2.24) is 4.90 Å². The number of fused-ring (bicyclic) bond motifs is 2. The average molecular weight is 337 g/mol. The van der Waals surface area contributed by atoms with E-state index in [-0.39, 0.29) is 11.9 Å². The summed E-state index contributed by atoms with van der Waals surface area (Å²) in [4.78, 5) is 26.7. The zero-order valence-corrected chi connectivity index (χ0v) is 14.0. The summed E-state index contributed by atoms with van der Waals surface area (Å²) in [6, 6.07) is 14.8. The average Bonchev–Trinajstić information content (AvgIpc) is 2.93. The summed E-state index contributed by atoms with van der Waals surface area (Å²) in [5, 5.41) is 0. The predicted molar refractivity (Wildman–Crippen MR) is 91.7 cm³/mol. The largest absolute Gasteiger partial charge is 0.497 e. The maximum atomic E-state index is 12.6. The molecule has 1 saturated heterocycles. The van der Waals surface area contributed by atoms with E-state index in [0.29, 0.717) is 42.8 Å². The van der Waals surface area contributed by atoms with Crippen LogP contribution in [-0.2, 0) is 10.3 Å². The van der Waals surface area contributed by atoms with Crippen LogP contribution < -0.4 is 4.74 Å². The van der Waals surface area contributed by atoms with Crippen LogP contribution in [0.25, 0.3) is 0 Å². The Bertz CT molecular complexity index is 823. The molecule has 1 amide bonds. The minimum Gasteiger partial charge on any atom is -0.497 e. The molecule has 2 heterocycles. The van der Waals surface area contributed by atoms with E-state index >= 15 is 0 Å². The van der Waals surface area contributed by atoms with Crippen LogP contribution in [-0.4, -0.2) is 37.0 Å². The van der Waals surface area contributed by atoms with Crippen molar-refractivity contribution in [2.24, 2.45) is 0 Å². The van der Waals surface area contributed by atoms with Gasteiger partial charge >= 0.3 is 5.97 Å².